The predicted molar refractivity (Wildman–Crippen MR) is 61.1 cm³/mol. The second-order valence-corrected chi connectivity index (χ2v) is 3.62. The highest BCUT2D eigenvalue weighted by atomic mass is 19.4. The van der Waals surface area contributed by atoms with Crippen LogP contribution < -0.4 is 16.4 Å². The maximum atomic E-state index is 12.4. The largest absolute Gasteiger partial charge is 0.405 e. The van der Waals surface area contributed by atoms with E-state index in [2.05, 4.69) is 4.98 Å². The molecule has 1 aromatic rings. The molecule has 0 aromatic carbocycles. The van der Waals surface area contributed by atoms with E-state index in [1.54, 1.807) is 0 Å². The smallest absolute Gasteiger partial charge is 0.384 e. The van der Waals surface area contributed by atoms with E-state index in [9.17, 15) is 18.0 Å². The number of carbonyl (C=O) groups excluding carboxylic acids is 1. The zero-order valence-electron chi connectivity index (χ0n) is 9.66. The van der Waals surface area contributed by atoms with Gasteiger partial charge in [0.15, 0.2) is 0 Å². The van der Waals surface area contributed by atoms with Crippen LogP contribution >= 0.6 is 0 Å². The quantitative estimate of drug-likeness (QED) is 0.852. The molecule has 0 aliphatic carbocycles. The number of aromatic nitrogens is 1. The van der Waals surface area contributed by atoms with Crippen molar-refractivity contribution in [3.63, 3.8) is 0 Å². The topological polar surface area (TPSA) is 85.2 Å². The number of pyridine rings is 1. The van der Waals surface area contributed by atoms with Crippen LogP contribution in [0.15, 0.2) is 12.3 Å². The fourth-order valence-corrected chi connectivity index (χ4v) is 1.50. The summed E-state index contributed by atoms with van der Waals surface area (Å²) in [4.78, 5) is 15.8. The van der Waals surface area contributed by atoms with E-state index in [1.807, 2.05) is 0 Å². The lowest BCUT2D eigenvalue weighted by Gasteiger charge is -2.25. The second kappa shape index (κ2) is 5.11. The summed E-state index contributed by atoms with van der Waals surface area (Å²) in [5, 5.41) is 0. The van der Waals surface area contributed by atoms with Gasteiger partial charge in [0.2, 0.25) is 0 Å². The number of primary amides is 1. The fourth-order valence-electron chi connectivity index (χ4n) is 1.50. The standard InChI is InChI=1S/C10H13F3N4O/c1-2-17(5-10(11,12)13)7-4-16-8(14)3-6(7)9(15)18/h3-4H,2,5H2,1H3,(H2,14,16)(H2,15,18). The Balaban J connectivity index is 3.17. The first-order valence-corrected chi connectivity index (χ1v) is 5.11. The summed E-state index contributed by atoms with van der Waals surface area (Å²) in [5.74, 6) is -0.824. The molecule has 0 fully saturated rings. The predicted octanol–water partition coefficient (Wildman–Crippen LogP) is 1.15. The van der Waals surface area contributed by atoms with Gasteiger partial charge in [-0.2, -0.15) is 13.2 Å². The number of nitrogens with two attached hydrogens (primary N) is 2. The molecule has 8 heteroatoms. The van der Waals surface area contributed by atoms with Crippen LogP contribution in [0.5, 0.6) is 0 Å². The molecule has 0 unspecified atom stereocenters. The Labute approximate surface area is 102 Å². The lowest BCUT2D eigenvalue weighted by molar-refractivity contribution is -0.119. The van der Waals surface area contributed by atoms with Crippen LogP contribution in [0.1, 0.15) is 17.3 Å². The molecule has 100 valence electrons. The van der Waals surface area contributed by atoms with E-state index >= 15 is 0 Å². The summed E-state index contributed by atoms with van der Waals surface area (Å²) in [6, 6.07) is 1.16. The van der Waals surface area contributed by atoms with Gasteiger partial charge in [0.05, 0.1) is 17.4 Å². The van der Waals surface area contributed by atoms with Gasteiger partial charge in [-0.1, -0.05) is 0 Å². The summed E-state index contributed by atoms with van der Waals surface area (Å²) in [7, 11) is 0. The number of alkyl halides is 3. The number of hydrogen-bond acceptors (Lipinski definition) is 4. The van der Waals surface area contributed by atoms with Crippen LogP contribution in [0.25, 0.3) is 0 Å². The molecule has 0 saturated heterocycles. The van der Waals surface area contributed by atoms with Crippen molar-refractivity contribution in [3.05, 3.63) is 17.8 Å². The van der Waals surface area contributed by atoms with Crippen LogP contribution in [0.3, 0.4) is 0 Å². The molecule has 4 N–H and O–H groups in total. The summed E-state index contributed by atoms with van der Waals surface area (Å²) in [6.07, 6.45) is -3.27. The lowest BCUT2D eigenvalue weighted by Crippen LogP contribution is -2.35. The summed E-state index contributed by atoms with van der Waals surface area (Å²) in [5.41, 5.74) is 10.4. The highest BCUT2D eigenvalue weighted by Gasteiger charge is 2.31. The Morgan fingerprint density at radius 1 is 1.50 bits per heavy atom. The SMILES string of the molecule is CCN(CC(F)(F)F)c1cnc(N)cc1C(N)=O. The molecular formula is C10H13F3N4O. The molecule has 0 saturated carbocycles. The van der Waals surface area contributed by atoms with Crippen LogP contribution in [0.4, 0.5) is 24.7 Å². The van der Waals surface area contributed by atoms with E-state index < -0.39 is 18.6 Å². The number of hydrogen-bond donors (Lipinski definition) is 2. The maximum Gasteiger partial charge on any atom is 0.405 e. The molecule has 1 aromatic heterocycles. The molecule has 0 bridgehead atoms. The highest BCUT2D eigenvalue weighted by molar-refractivity contribution is 5.99. The first-order chi connectivity index (χ1) is 8.24. The molecule has 1 rings (SSSR count). The molecular weight excluding hydrogens is 249 g/mol. The molecule has 1 heterocycles. The molecule has 5 nitrogen and oxygen atoms in total. The molecule has 0 atom stereocenters. The van der Waals surface area contributed by atoms with Gasteiger partial charge in [0.1, 0.15) is 12.4 Å². The third kappa shape index (κ3) is 3.51. The van der Waals surface area contributed by atoms with Crippen molar-refractivity contribution in [1.82, 2.24) is 4.98 Å². The lowest BCUT2D eigenvalue weighted by atomic mass is 10.2. The van der Waals surface area contributed by atoms with E-state index in [0.29, 0.717) is 0 Å². The van der Waals surface area contributed by atoms with E-state index in [0.717, 1.165) is 17.2 Å². The van der Waals surface area contributed by atoms with Crippen LogP contribution in [0.2, 0.25) is 0 Å². The molecule has 0 radical (unpaired) electrons. The zero-order valence-corrected chi connectivity index (χ0v) is 9.66. The van der Waals surface area contributed by atoms with Crippen molar-refractivity contribution >= 4 is 17.4 Å². The van der Waals surface area contributed by atoms with Crippen molar-refractivity contribution in [2.75, 3.05) is 23.7 Å². The van der Waals surface area contributed by atoms with Crippen molar-refractivity contribution in [2.45, 2.75) is 13.1 Å². The van der Waals surface area contributed by atoms with Crippen molar-refractivity contribution in [1.29, 1.82) is 0 Å². The van der Waals surface area contributed by atoms with Gasteiger partial charge in [-0.05, 0) is 13.0 Å². The molecule has 0 aliphatic heterocycles. The summed E-state index contributed by atoms with van der Waals surface area (Å²) in [6.45, 7) is 0.410. The number of anilines is 2. The maximum absolute atomic E-state index is 12.4. The van der Waals surface area contributed by atoms with Gasteiger partial charge in [-0.3, -0.25) is 4.79 Å². The monoisotopic (exact) mass is 262 g/mol. The minimum atomic E-state index is -4.38. The molecule has 0 spiro atoms. The molecule has 0 aliphatic rings. The average Bonchev–Trinajstić information content (AvgIpc) is 2.24. The fraction of sp³-hybridized carbons (Fsp3) is 0.400. The van der Waals surface area contributed by atoms with E-state index in [4.69, 9.17) is 11.5 Å². The summed E-state index contributed by atoms with van der Waals surface area (Å²) >= 11 is 0. The minimum absolute atomic E-state index is 0.0237. The minimum Gasteiger partial charge on any atom is -0.384 e. The summed E-state index contributed by atoms with van der Waals surface area (Å²) < 4.78 is 37.2. The Bertz CT molecular complexity index is 447. The Hall–Kier alpha value is -1.99. The zero-order chi connectivity index (χ0) is 13.9. The number of amides is 1. The van der Waals surface area contributed by atoms with Gasteiger partial charge >= 0.3 is 6.18 Å². The number of rotatable bonds is 4. The average molecular weight is 262 g/mol. The Kier molecular flexibility index (Phi) is 4.00. The van der Waals surface area contributed by atoms with Crippen molar-refractivity contribution in [2.24, 2.45) is 5.73 Å². The van der Waals surface area contributed by atoms with Crippen molar-refractivity contribution < 1.29 is 18.0 Å². The normalized spacial score (nSPS) is 11.3. The Morgan fingerprint density at radius 3 is 2.56 bits per heavy atom. The number of carbonyl (C=O) groups is 1. The molecule has 1 amide bonds. The third-order valence-electron chi connectivity index (χ3n) is 2.26. The van der Waals surface area contributed by atoms with Crippen LogP contribution in [-0.2, 0) is 0 Å². The van der Waals surface area contributed by atoms with E-state index in [-0.39, 0.29) is 23.6 Å². The van der Waals surface area contributed by atoms with Gasteiger partial charge in [0, 0.05) is 6.54 Å². The second-order valence-electron chi connectivity index (χ2n) is 3.62. The number of nitrogens with zero attached hydrogens (tertiary/aromatic N) is 2. The van der Waals surface area contributed by atoms with Crippen molar-refractivity contribution in [3.8, 4) is 0 Å². The van der Waals surface area contributed by atoms with Crippen LogP contribution in [0, 0.1) is 0 Å². The number of halogens is 3. The Morgan fingerprint density at radius 2 is 2.11 bits per heavy atom. The molecule has 18 heavy (non-hydrogen) atoms. The number of nitrogen functional groups attached to an aromatic ring is 1. The highest BCUT2D eigenvalue weighted by Crippen LogP contribution is 2.25. The third-order valence-corrected chi connectivity index (χ3v) is 2.26. The van der Waals surface area contributed by atoms with Crippen LogP contribution in [-0.4, -0.2) is 30.2 Å². The van der Waals surface area contributed by atoms with Gasteiger partial charge < -0.3 is 16.4 Å². The van der Waals surface area contributed by atoms with Gasteiger partial charge in [0.25, 0.3) is 5.91 Å². The first-order valence-electron chi connectivity index (χ1n) is 5.11. The van der Waals surface area contributed by atoms with E-state index in [1.165, 1.54) is 6.92 Å². The van der Waals surface area contributed by atoms with Gasteiger partial charge in [-0.15, -0.1) is 0 Å². The first kappa shape index (κ1) is 14.1. The van der Waals surface area contributed by atoms with Gasteiger partial charge in [-0.25, -0.2) is 4.98 Å².